The molecular weight excluding hydrogens is 186 g/mol. The first-order valence-corrected chi connectivity index (χ1v) is 4.97. The maximum absolute atomic E-state index is 11.8. The van der Waals surface area contributed by atoms with Crippen molar-refractivity contribution in [1.82, 2.24) is 5.32 Å². The molecule has 0 bridgehead atoms. The highest BCUT2D eigenvalue weighted by molar-refractivity contribution is 5.86. The summed E-state index contributed by atoms with van der Waals surface area (Å²) in [5, 5.41) is 2.89. The van der Waals surface area contributed by atoms with Crippen molar-refractivity contribution in [1.29, 1.82) is 0 Å². The van der Waals surface area contributed by atoms with E-state index in [-0.39, 0.29) is 11.8 Å². The molecule has 0 saturated heterocycles. The molecule has 0 aromatic heterocycles. The van der Waals surface area contributed by atoms with Gasteiger partial charge in [0.15, 0.2) is 0 Å². The van der Waals surface area contributed by atoms with Crippen LogP contribution in [-0.2, 0) is 4.79 Å². The number of hydrogen-bond acceptors (Lipinski definition) is 1. The Balaban J connectivity index is 1.99. The Morgan fingerprint density at radius 3 is 2.93 bits per heavy atom. The molecule has 2 aliphatic carbocycles. The Hall–Kier alpha value is -1.83. The second-order valence-corrected chi connectivity index (χ2v) is 3.61. The van der Waals surface area contributed by atoms with Gasteiger partial charge >= 0.3 is 0 Å². The van der Waals surface area contributed by atoms with Crippen LogP contribution in [0.4, 0.5) is 0 Å². The number of nitrogens with one attached hydrogen (secondary N) is 1. The van der Waals surface area contributed by atoms with Crippen molar-refractivity contribution >= 4 is 5.91 Å². The predicted octanol–water partition coefficient (Wildman–Crippen LogP) is 2.24. The van der Waals surface area contributed by atoms with Gasteiger partial charge in [-0.05, 0) is 11.6 Å². The van der Waals surface area contributed by atoms with Crippen LogP contribution in [0.3, 0.4) is 0 Å². The second-order valence-electron chi connectivity index (χ2n) is 3.61. The van der Waals surface area contributed by atoms with Crippen LogP contribution in [0.1, 0.15) is 6.42 Å². The van der Waals surface area contributed by atoms with Gasteiger partial charge in [0.2, 0.25) is 5.91 Å². The number of allylic oxidation sites excluding steroid dienone is 6. The Kier molecular flexibility index (Phi) is 2.68. The Labute approximate surface area is 89.4 Å². The van der Waals surface area contributed by atoms with E-state index in [1.54, 1.807) is 0 Å². The standard InChI is InChI=1S/C13H13NO/c1-10-6-2-5-9-12(10)13(15)14-11-7-3-4-8-11/h2-7,9,12H,1,8H2,(H,14,15). The van der Waals surface area contributed by atoms with Gasteiger partial charge in [0.05, 0.1) is 5.92 Å². The average molecular weight is 199 g/mol. The van der Waals surface area contributed by atoms with Crippen molar-refractivity contribution in [2.24, 2.45) is 5.92 Å². The van der Waals surface area contributed by atoms with E-state index in [1.807, 2.05) is 42.5 Å². The summed E-state index contributed by atoms with van der Waals surface area (Å²) in [6, 6.07) is 0. The van der Waals surface area contributed by atoms with Crippen LogP contribution in [0.5, 0.6) is 0 Å². The molecule has 2 heteroatoms. The fourth-order valence-corrected chi connectivity index (χ4v) is 1.61. The molecule has 0 heterocycles. The second kappa shape index (κ2) is 4.13. The third-order valence-electron chi connectivity index (χ3n) is 2.46. The van der Waals surface area contributed by atoms with Crippen LogP contribution in [0.15, 0.2) is 60.4 Å². The number of carbonyl (C=O) groups excluding carboxylic acids is 1. The van der Waals surface area contributed by atoms with E-state index in [1.165, 1.54) is 0 Å². The van der Waals surface area contributed by atoms with Crippen molar-refractivity contribution in [3.05, 3.63) is 60.4 Å². The molecule has 2 aliphatic rings. The highest BCUT2D eigenvalue weighted by Crippen LogP contribution is 2.18. The molecule has 2 nitrogen and oxygen atoms in total. The highest BCUT2D eigenvalue weighted by Gasteiger charge is 2.19. The zero-order valence-electron chi connectivity index (χ0n) is 8.44. The molecule has 1 amide bonds. The maximum Gasteiger partial charge on any atom is 0.235 e. The van der Waals surface area contributed by atoms with E-state index in [2.05, 4.69) is 11.9 Å². The minimum absolute atomic E-state index is 0.00412. The molecule has 0 spiro atoms. The first-order valence-electron chi connectivity index (χ1n) is 4.97. The molecule has 1 atom stereocenters. The molecule has 1 unspecified atom stereocenters. The lowest BCUT2D eigenvalue weighted by Crippen LogP contribution is -2.29. The lowest BCUT2D eigenvalue weighted by molar-refractivity contribution is -0.121. The normalized spacial score (nSPS) is 23.1. The molecule has 0 saturated carbocycles. The summed E-state index contributed by atoms with van der Waals surface area (Å²) < 4.78 is 0. The number of carbonyl (C=O) groups is 1. The summed E-state index contributed by atoms with van der Waals surface area (Å²) in [7, 11) is 0. The summed E-state index contributed by atoms with van der Waals surface area (Å²) in [6.07, 6.45) is 14.2. The van der Waals surface area contributed by atoms with E-state index in [0.717, 1.165) is 17.7 Å². The van der Waals surface area contributed by atoms with Gasteiger partial charge in [-0.2, -0.15) is 0 Å². The largest absolute Gasteiger partial charge is 0.329 e. The molecule has 76 valence electrons. The lowest BCUT2D eigenvalue weighted by Gasteiger charge is -2.15. The molecule has 15 heavy (non-hydrogen) atoms. The van der Waals surface area contributed by atoms with E-state index < -0.39 is 0 Å². The minimum Gasteiger partial charge on any atom is -0.329 e. The van der Waals surface area contributed by atoms with Gasteiger partial charge in [-0.1, -0.05) is 43.0 Å². The predicted molar refractivity (Wildman–Crippen MR) is 60.9 cm³/mol. The monoisotopic (exact) mass is 199 g/mol. The molecule has 0 aromatic carbocycles. The van der Waals surface area contributed by atoms with E-state index >= 15 is 0 Å². The van der Waals surface area contributed by atoms with Gasteiger partial charge in [0.25, 0.3) is 0 Å². The SMILES string of the molecule is C=C1C=CC=CC1C(=O)NC1=CC=CC1. The van der Waals surface area contributed by atoms with Crippen LogP contribution >= 0.6 is 0 Å². The Morgan fingerprint density at radius 1 is 1.40 bits per heavy atom. The van der Waals surface area contributed by atoms with Gasteiger partial charge in [-0.3, -0.25) is 4.79 Å². The first-order chi connectivity index (χ1) is 7.27. The van der Waals surface area contributed by atoms with Gasteiger partial charge in [-0.25, -0.2) is 0 Å². The van der Waals surface area contributed by atoms with Crippen LogP contribution in [0.2, 0.25) is 0 Å². The molecule has 1 N–H and O–H groups in total. The topological polar surface area (TPSA) is 29.1 Å². The average Bonchev–Trinajstić information content (AvgIpc) is 2.71. The summed E-state index contributed by atoms with van der Waals surface area (Å²) in [5.41, 5.74) is 1.79. The van der Waals surface area contributed by atoms with Crippen molar-refractivity contribution in [3.8, 4) is 0 Å². The van der Waals surface area contributed by atoms with Crippen LogP contribution in [0, 0.1) is 5.92 Å². The summed E-state index contributed by atoms with van der Waals surface area (Å²) in [5.74, 6) is -0.230. The summed E-state index contributed by atoms with van der Waals surface area (Å²) in [6.45, 7) is 3.86. The van der Waals surface area contributed by atoms with Crippen molar-refractivity contribution < 1.29 is 4.79 Å². The molecule has 0 fully saturated rings. The van der Waals surface area contributed by atoms with Crippen LogP contribution in [0.25, 0.3) is 0 Å². The molecule has 0 radical (unpaired) electrons. The van der Waals surface area contributed by atoms with E-state index in [9.17, 15) is 4.79 Å². The first kappa shape index (κ1) is 9.71. The van der Waals surface area contributed by atoms with Crippen molar-refractivity contribution in [2.45, 2.75) is 6.42 Å². The fourth-order valence-electron chi connectivity index (χ4n) is 1.61. The smallest absolute Gasteiger partial charge is 0.235 e. The minimum atomic E-state index is -0.225. The van der Waals surface area contributed by atoms with Gasteiger partial charge < -0.3 is 5.32 Å². The molecule has 0 aromatic rings. The zero-order chi connectivity index (χ0) is 10.7. The number of rotatable bonds is 2. The zero-order valence-corrected chi connectivity index (χ0v) is 8.44. The van der Waals surface area contributed by atoms with Crippen LogP contribution in [-0.4, -0.2) is 5.91 Å². The van der Waals surface area contributed by atoms with E-state index in [4.69, 9.17) is 0 Å². The highest BCUT2D eigenvalue weighted by atomic mass is 16.1. The molecule has 0 aliphatic heterocycles. The van der Waals surface area contributed by atoms with Gasteiger partial charge in [-0.15, -0.1) is 0 Å². The summed E-state index contributed by atoms with van der Waals surface area (Å²) >= 11 is 0. The Morgan fingerprint density at radius 2 is 2.27 bits per heavy atom. The third kappa shape index (κ3) is 2.15. The quantitative estimate of drug-likeness (QED) is 0.726. The lowest BCUT2D eigenvalue weighted by atomic mass is 9.95. The van der Waals surface area contributed by atoms with Crippen LogP contribution < -0.4 is 5.32 Å². The van der Waals surface area contributed by atoms with Gasteiger partial charge in [0.1, 0.15) is 0 Å². The van der Waals surface area contributed by atoms with Gasteiger partial charge in [0, 0.05) is 12.1 Å². The maximum atomic E-state index is 11.8. The number of amides is 1. The summed E-state index contributed by atoms with van der Waals surface area (Å²) in [4.78, 5) is 11.8. The van der Waals surface area contributed by atoms with Crippen molar-refractivity contribution in [2.75, 3.05) is 0 Å². The number of hydrogen-bond donors (Lipinski definition) is 1. The van der Waals surface area contributed by atoms with Crippen molar-refractivity contribution in [3.63, 3.8) is 0 Å². The fraction of sp³-hybridized carbons (Fsp3) is 0.154. The molecule has 2 rings (SSSR count). The molecular formula is C13H13NO. The third-order valence-corrected chi connectivity index (χ3v) is 2.46. The Bertz CT molecular complexity index is 410. The van der Waals surface area contributed by atoms with E-state index in [0.29, 0.717) is 0 Å².